The first-order valence-corrected chi connectivity index (χ1v) is 10.3. The second kappa shape index (κ2) is 9.70. The third kappa shape index (κ3) is 4.96. The zero-order valence-electron chi connectivity index (χ0n) is 17.5. The van der Waals surface area contributed by atoms with Gasteiger partial charge in [0.2, 0.25) is 0 Å². The summed E-state index contributed by atoms with van der Waals surface area (Å²) in [6, 6.07) is 9.88. The highest BCUT2D eigenvalue weighted by Crippen LogP contribution is 2.35. The van der Waals surface area contributed by atoms with E-state index in [9.17, 15) is 18.4 Å². The van der Waals surface area contributed by atoms with E-state index in [1.165, 1.54) is 6.07 Å². The number of nitrogens with one attached hydrogen (secondary N) is 2. The first-order valence-electron chi connectivity index (χ1n) is 10.3. The van der Waals surface area contributed by atoms with Crippen LogP contribution in [0.1, 0.15) is 33.7 Å². The van der Waals surface area contributed by atoms with Crippen LogP contribution in [0.15, 0.2) is 48.7 Å². The maximum Gasteiger partial charge on any atom is 0.271 e. The number of benzene rings is 2. The van der Waals surface area contributed by atoms with E-state index < -0.39 is 17.5 Å². The lowest BCUT2D eigenvalue weighted by Gasteiger charge is -2.23. The normalized spacial score (nSPS) is 14.0. The summed E-state index contributed by atoms with van der Waals surface area (Å²) in [5, 5.41) is 13.3. The van der Waals surface area contributed by atoms with E-state index in [4.69, 9.17) is 10.5 Å². The van der Waals surface area contributed by atoms with Crippen LogP contribution in [0.5, 0.6) is 0 Å². The van der Waals surface area contributed by atoms with Gasteiger partial charge in [0, 0.05) is 36.1 Å². The molecule has 1 aromatic heterocycles. The quantitative estimate of drug-likeness (QED) is 0.528. The molecular formula is C23H21F2N5O3. The molecule has 2 aromatic carbocycles. The van der Waals surface area contributed by atoms with E-state index in [1.807, 2.05) is 0 Å². The molecule has 1 saturated heterocycles. The van der Waals surface area contributed by atoms with Crippen molar-refractivity contribution in [2.75, 3.05) is 18.5 Å². The van der Waals surface area contributed by atoms with Gasteiger partial charge in [0.1, 0.15) is 11.6 Å². The van der Waals surface area contributed by atoms with Crippen LogP contribution in [0.4, 0.5) is 20.2 Å². The van der Waals surface area contributed by atoms with Gasteiger partial charge in [-0.3, -0.25) is 9.59 Å². The number of ether oxygens (including phenoxy) is 1. The summed E-state index contributed by atoms with van der Waals surface area (Å²) in [5.74, 6) is -2.80. The minimum Gasteiger partial charge on any atom is -0.381 e. The average molecular weight is 453 g/mol. The van der Waals surface area contributed by atoms with E-state index in [1.54, 1.807) is 24.3 Å². The molecule has 0 unspecified atom stereocenters. The van der Waals surface area contributed by atoms with Crippen LogP contribution in [-0.2, 0) is 4.74 Å². The number of aromatic nitrogens is 2. The van der Waals surface area contributed by atoms with Gasteiger partial charge in [0.05, 0.1) is 17.4 Å². The van der Waals surface area contributed by atoms with E-state index in [-0.39, 0.29) is 34.5 Å². The molecule has 0 radical (unpaired) electrons. The molecule has 1 aliphatic rings. The average Bonchev–Trinajstić information content (AvgIpc) is 2.81. The van der Waals surface area contributed by atoms with Crippen LogP contribution in [0.25, 0.3) is 11.1 Å². The first kappa shape index (κ1) is 22.3. The van der Waals surface area contributed by atoms with Crippen molar-refractivity contribution in [1.29, 1.82) is 0 Å². The van der Waals surface area contributed by atoms with Crippen molar-refractivity contribution in [3.05, 3.63) is 71.6 Å². The Morgan fingerprint density at radius 2 is 1.70 bits per heavy atom. The van der Waals surface area contributed by atoms with Crippen molar-refractivity contribution in [1.82, 2.24) is 15.5 Å². The van der Waals surface area contributed by atoms with Crippen LogP contribution < -0.4 is 16.4 Å². The highest BCUT2D eigenvalue weighted by Gasteiger charge is 2.22. The van der Waals surface area contributed by atoms with Crippen LogP contribution in [-0.4, -0.2) is 41.3 Å². The van der Waals surface area contributed by atoms with Gasteiger partial charge >= 0.3 is 0 Å². The fourth-order valence-corrected chi connectivity index (χ4v) is 3.59. The van der Waals surface area contributed by atoms with Crippen LogP contribution in [0.2, 0.25) is 0 Å². The fourth-order valence-electron chi connectivity index (χ4n) is 3.59. The van der Waals surface area contributed by atoms with Gasteiger partial charge in [-0.1, -0.05) is 6.07 Å². The second-order valence-corrected chi connectivity index (χ2v) is 7.51. The van der Waals surface area contributed by atoms with Crippen LogP contribution >= 0.6 is 0 Å². The molecule has 33 heavy (non-hydrogen) atoms. The fraction of sp³-hybridized carbons (Fsp3) is 0.217. The number of primary amides is 1. The van der Waals surface area contributed by atoms with Gasteiger partial charge in [0.15, 0.2) is 5.69 Å². The van der Waals surface area contributed by atoms with Crippen molar-refractivity contribution in [2.24, 2.45) is 5.73 Å². The zero-order chi connectivity index (χ0) is 23.4. The number of halogens is 2. The number of anilines is 2. The molecule has 0 bridgehead atoms. The smallest absolute Gasteiger partial charge is 0.271 e. The molecule has 1 aliphatic heterocycles. The summed E-state index contributed by atoms with van der Waals surface area (Å²) < 4.78 is 34.2. The summed E-state index contributed by atoms with van der Waals surface area (Å²) in [7, 11) is 0. The Kier molecular flexibility index (Phi) is 6.55. The third-order valence-electron chi connectivity index (χ3n) is 5.29. The summed E-state index contributed by atoms with van der Waals surface area (Å²) in [4.78, 5) is 24.4. The SMILES string of the molecule is NC(=O)c1nncc(-c2c(F)cccc2F)c1Nc1ccc(C(=O)NC2CCOCC2)cc1. The Hall–Kier alpha value is -3.92. The molecular weight excluding hydrogens is 432 g/mol. The molecule has 3 aromatic rings. The minimum atomic E-state index is -0.920. The lowest BCUT2D eigenvalue weighted by molar-refractivity contribution is 0.0696. The van der Waals surface area contributed by atoms with Crippen molar-refractivity contribution in [3.8, 4) is 11.1 Å². The van der Waals surface area contributed by atoms with E-state index in [0.29, 0.717) is 24.5 Å². The van der Waals surface area contributed by atoms with Crippen molar-refractivity contribution < 1.29 is 23.1 Å². The number of nitrogens with two attached hydrogens (primary N) is 1. The van der Waals surface area contributed by atoms with E-state index in [0.717, 1.165) is 31.2 Å². The molecule has 8 nitrogen and oxygen atoms in total. The molecule has 0 spiro atoms. The Balaban J connectivity index is 1.62. The van der Waals surface area contributed by atoms with Crippen LogP contribution in [0.3, 0.4) is 0 Å². The number of amides is 2. The number of nitrogens with zero attached hydrogens (tertiary/aromatic N) is 2. The van der Waals surface area contributed by atoms with Crippen molar-refractivity contribution in [3.63, 3.8) is 0 Å². The number of carbonyl (C=O) groups is 2. The largest absolute Gasteiger partial charge is 0.381 e. The van der Waals surface area contributed by atoms with Crippen LogP contribution in [0, 0.1) is 11.6 Å². The highest BCUT2D eigenvalue weighted by atomic mass is 19.1. The van der Waals surface area contributed by atoms with Gasteiger partial charge in [-0.2, -0.15) is 5.10 Å². The molecule has 10 heteroatoms. The van der Waals surface area contributed by atoms with Gasteiger partial charge in [-0.05, 0) is 49.2 Å². The Morgan fingerprint density at radius 3 is 2.33 bits per heavy atom. The number of hydrogen-bond acceptors (Lipinski definition) is 6. The van der Waals surface area contributed by atoms with Crippen molar-refractivity contribution in [2.45, 2.75) is 18.9 Å². The number of hydrogen-bond donors (Lipinski definition) is 3. The number of carbonyl (C=O) groups excluding carboxylic acids is 2. The molecule has 2 heterocycles. The predicted octanol–water partition coefficient (Wildman–Crippen LogP) is 3.17. The van der Waals surface area contributed by atoms with Gasteiger partial charge < -0.3 is 21.1 Å². The maximum absolute atomic E-state index is 14.4. The lowest BCUT2D eigenvalue weighted by Crippen LogP contribution is -2.38. The summed E-state index contributed by atoms with van der Waals surface area (Å²) in [5.41, 5.74) is 5.64. The second-order valence-electron chi connectivity index (χ2n) is 7.51. The standard InChI is InChI=1S/C23H21F2N5O3/c24-17-2-1-3-18(25)19(17)16-12-27-30-21(22(26)31)20(16)28-14-6-4-13(5-7-14)23(32)29-15-8-10-33-11-9-15/h1-7,12,15H,8-11H2,(H2,26,31)(H,27,28)(H,29,32). The molecule has 2 amide bonds. The zero-order valence-corrected chi connectivity index (χ0v) is 17.5. The van der Waals surface area contributed by atoms with E-state index >= 15 is 0 Å². The summed E-state index contributed by atoms with van der Waals surface area (Å²) in [6.45, 7) is 1.22. The monoisotopic (exact) mass is 453 g/mol. The highest BCUT2D eigenvalue weighted by molar-refractivity contribution is 6.01. The molecule has 4 rings (SSSR count). The summed E-state index contributed by atoms with van der Waals surface area (Å²) in [6.07, 6.45) is 2.66. The maximum atomic E-state index is 14.4. The van der Waals surface area contributed by atoms with E-state index in [2.05, 4.69) is 20.8 Å². The van der Waals surface area contributed by atoms with Gasteiger partial charge in [-0.25, -0.2) is 8.78 Å². The summed E-state index contributed by atoms with van der Waals surface area (Å²) >= 11 is 0. The first-order chi connectivity index (χ1) is 15.9. The molecule has 0 atom stereocenters. The number of rotatable bonds is 6. The van der Waals surface area contributed by atoms with Gasteiger partial charge in [0.25, 0.3) is 11.8 Å². The Morgan fingerprint density at radius 1 is 1.03 bits per heavy atom. The lowest BCUT2D eigenvalue weighted by atomic mass is 10.0. The molecule has 170 valence electrons. The topological polar surface area (TPSA) is 119 Å². The predicted molar refractivity (Wildman–Crippen MR) is 117 cm³/mol. The minimum absolute atomic E-state index is 0.000840. The molecule has 0 saturated carbocycles. The molecule has 4 N–H and O–H groups in total. The Labute approximate surface area is 188 Å². The molecule has 1 fully saturated rings. The van der Waals surface area contributed by atoms with Crippen molar-refractivity contribution >= 4 is 23.2 Å². The Bertz CT molecular complexity index is 1160. The van der Waals surface area contributed by atoms with Gasteiger partial charge in [-0.15, -0.1) is 5.10 Å². The third-order valence-corrected chi connectivity index (χ3v) is 5.29. The molecule has 0 aliphatic carbocycles.